The van der Waals surface area contributed by atoms with Gasteiger partial charge in [0.25, 0.3) is 5.97 Å². The highest BCUT2D eigenvalue weighted by molar-refractivity contribution is 5.82. The SMILES string of the molecule is C=COC(=O)/C=C/C.CC(=O)O.CC(C)(C)CCCCCC(=O)O. The fraction of sp³-hybridized carbons (Fsp3) is 0.611. The molecule has 0 rings (SSSR count). The van der Waals surface area contributed by atoms with E-state index in [2.05, 4.69) is 32.1 Å². The molecule has 0 bridgehead atoms. The molecule has 2 N–H and O–H groups in total. The van der Waals surface area contributed by atoms with Crippen LogP contribution in [0, 0.1) is 5.41 Å². The van der Waals surface area contributed by atoms with Crippen LogP contribution in [-0.2, 0) is 19.1 Å². The summed E-state index contributed by atoms with van der Waals surface area (Å²) in [6.45, 7) is 12.7. The molecule has 0 aromatic heterocycles. The first-order chi connectivity index (χ1) is 11.0. The first-order valence-electron chi connectivity index (χ1n) is 7.81. The molecule has 0 aromatic rings. The number of hydrogen-bond donors (Lipinski definition) is 2. The maximum absolute atomic E-state index is 10.3. The van der Waals surface area contributed by atoms with Gasteiger partial charge < -0.3 is 14.9 Å². The summed E-state index contributed by atoms with van der Waals surface area (Å²) in [6.07, 6.45) is 8.55. The number of unbranched alkanes of at least 4 members (excludes halogenated alkanes) is 2. The maximum Gasteiger partial charge on any atom is 0.335 e. The van der Waals surface area contributed by atoms with Crippen molar-refractivity contribution in [1.82, 2.24) is 0 Å². The second kappa shape index (κ2) is 17.2. The number of carbonyl (C=O) groups excluding carboxylic acids is 1. The Morgan fingerprint density at radius 3 is 1.92 bits per heavy atom. The molecule has 24 heavy (non-hydrogen) atoms. The van der Waals surface area contributed by atoms with E-state index in [1.807, 2.05) is 0 Å². The van der Waals surface area contributed by atoms with E-state index in [1.165, 1.54) is 12.5 Å². The Morgan fingerprint density at radius 1 is 1.08 bits per heavy atom. The zero-order valence-electron chi connectivity index (χ0n) is 15.5. The molecular formula is C18H32O6. The van der Waals surface area contributed by atoms with Crippen LogP contribution >= 0.6 is 0 Å². The van der Waals surface area contributed by atoms with Crippen LogP contribution in [-0.4, -0.2) is 28.1 Å². The third kappa shape index (κ3) is 42.7. The van der Waals surface area contributed by atoms with Crippen LogP contribution in [0.15, 0.2) is 25.0 Å². The predicted octanol–water partition coefficient (Wildman–Crippen LogP) is 4.41. The van der Waals surface area contributed by atoms with Gasteiger partial charge in [-0.2, -0.15) is 0 Å². The number of ether oxygens (including phenoxy) is 1. The van der Waals surface area contributed by atoms with E-state index in [1.54, 1.807) is 13.0 Å². The van der Waals surface area contributed by atoms with Gasteiger partial charge in [0.05, 0.1) is 6.26 Å². The van der Waals surface area contributed by atoms with Gasteiger partial charge >= 0.3 is 11.9 Å². The quantitative estimate of drug-likeness (QED) is 0.307. The molecule has 6 nitrogen and oxygen atoms in total. The van der Waals surface area contributed by atoms with E-state index in [0.29, 0.717) is 11.8 Å². The van der Waals surface area contributed by atoms with E-state index in [4.69, 9.17) is 15.0 Å². The maximum atomic E-state index is 10.3. The van der Waals surface area contributed by atoms with Gasteiger partial charge in [0, 0.05) is 19.4 Å². The minimum absolute atomic E-state index is 0.324. The van der Waals surface area contributed by atoms with E-state index < -0.39 is 11.9 Å². The van der Waals surface area contributed by atoms with Gasteiger partial charge in [-0.25, -0.2) is 4.79 Å². The second-order valence-electron chi connectivity index (χ2n) is 6.14. The van der Waals surface area contributed by atoms with E-state index in [9.17, 15) is 9.59 Å². The van der Waals surface area contributed by atoms with E-state index in [0.717, 1.165) is 32.4 Å². The lowest BCUT2D eigenvalue weighted by Crippen LogP contribution is -2.04. The molecule has 6 heteroatoms. The van der Waals surface area contributed by atoms with Crippen LogP contribution < -0.4 is 0 Å². The van der Waals surface area contributed by atoms with Crippen LogP contribution in [0.5, 0.6) is 0 Å². The molecule has 0 aliphatic carbocycles. The molecule has 140 valence electrons. The van der Waals surface area contributed by atoms with Gasteiger partial charge in [-0.3, -0.25) is 9.59 Å². The van der Waals surface area contributed by atoms with E-state index in [-0.39, 0.29) is 5.97 Å². The normalized spacial score (nSPS) is 9.88. The van der Waals surface area contributed by atoms with Gasteiger partial charge in [-0.05, 0) is 25.2 Å². The summed E-state index contributed by atoms with van der Waals surface area (Å²) in [5, 5.41) is 15.8. The summed E-state index contributed by atoms with van der Waals surface area (Å²) in [7, 11) is 0. The highest BCUT2D eigenvalue weighted by Gasteiger charge is 2.08. The summed E-state index contributed by atoms with van der Waals surface area (Å²) in [4.78, 5) is 29.4. The molecule has 0 aromatic carbocycles. The van der Waals surface area contributed by atoms with Crippen molar-refractivity contribution < 1.29 is 29.3 Å². The number of rotatable bonds is 7. The van der Waals surface area contributed by atoms with E-state index >= 15 is 0 Å². The fourth-order valence-electron chi connectivity index (χ4n) is 1.37. The number of hydrogen-bond acceptors (Lipinski definition) is 4. The van der Waals surface area contributed by atoms with Crippen molar-refractivity contribution in [1.29, 1.82) is 0 Å². The third-order valence-corrected chi connectivity index (χ3v) is 2.32. The van der Waals surface area contributed by atoms with Crippen molar-refractivity contribution in [2.24, 2.45) is 5.41 Å². The molecule has 0 saturated carbocycles. The van der Waals surface area contributed by atoms with Gasteiger partial charge in [-0.15, -0.1) is 0 Å². The molecule has 0 aliphatic rings. The Morgan fingerprint density at radius 2 is 1.58 bits per heavy atom. The summed E-state index contributed by atoms with van der Waals surface area (Å²) < 4.78 is 4.32. The monoisotopic (exact) mass is 344 g/mol. The zero-order chi connectivity index (χ0) is 19.6. The van der Waals surface area contributed by atoms with Crippen LogP contribution in [0.1, 0.15) is 66.7 Å². The Labute approximate surface area is 145 Å². The van der Waals surface area contributed by atoms with Crippen molar-refractivity contribution in [3.05, 3.63) is 25.0 Å². The molecule has 0 aliphatic heterocycles. The molecule has 0 spiro atoms. The van der Waals surface area contributed by atoms with Crippen molar-refractivity contribution in [2.45, 2.75) is 66.7 Å². The molecule has 0 unspecified atom stereocenters. The minimum Gasteiger partial charge on any atom is -0.481 e. The number of allylic oxidation sites excluding steroid dienone is 1. The minimum atomic E-state index is -0.833. The lowest BCUT2D eigenvalue weighted by atomic mass is 9.89. The first kappa shape index (κ1) is 26.8. The summed E-state index contributed by atoms with van der Waals surface area (Å²) in [6, 6.07) is 0. The Bertz CT molecular complexity index is 387. The number of carboxylic acids is 2. The Hall–Kier alpha value is -2.11. The third-order valence-electron chi connectivity index (χ3n) is 2.32. The molecule has 0 heterocycles. The fourth-order valence-corrected chi connectivity index (χ4v) is 1.37. The smallest absolute Gasteiger partial charge is 0.335 e. The van der Waals surface area contributed by atoms with Gasteiger partial charge in [0.2, 0.25) is 0 Å². The molecule has 0 saturated heterocycles. The second-order valence-corrected chi connectivity index (χ2v) is 6.14. The topological polar surface area (TPSA) is 101 Å². The lowest BCUT2D eigenvalue weighted by Gasteiger charge is -2.17. The highest BCUT2D eigenvalue weighted by Crippen LogP contribution is 2.22. The largest absolute Gasteiger partial charge is 0.481 e. The number of esters is 1. The Balaban J connectivity index is -0.000000316. The van der Waals surface area contributed by atoms with Crippen LogP contribution in [0.3, 0.4) is 0 Å². The molecular weight excluding hydrogens is 312 g/mol. The molecule has 0 amide bonds. The molecule has 0 fully saturated rings. The number of carbonyl (C=O) groups is 3. The first-order valence-corrected chi connectivity index (χ1v) is 7.81. The van der Waals surface area contributed by atoms with Gasteiger partial charge in [0.1, 0.15) is 0 Å². The summed E-state index contributed by atoms with van der Waals surface area (Å²) >= 11 is 0. The van der Waals surface area contributed by atoms with Gasteiger partial charge in [-0.1, -0.05) is 46.3 Å². The van der Waals surface area contributed by atoms with Crippen LogP contribution in [0.4, 0.5) is 0 Å². The predicted molar refractivity (Wildman–Crippen MR) is 94.6 cm³/mol. The van der Waals surface area contributed by atoms with Crippen molar-refractivity contribution >= 4 is 17.9 Å². The average molecular weight is 344 g/mol. The average Bonchev–Trinajstić information content (AvgIpc) is 2.37. The van der Waals surface area contributed by atoms with Crippen LogP contribution in [0.25, 0.3) is 0 Å². The highest BCUT2D eigenvalue weighted by atomic mass is 16.5. The summed E-state index contributed by atoms with van der Waals surface area (Å²) in [5.74, 6) is -1.90. The Kier molecular flexibility index (Phi) is 19.2. The number of carboxylic acid groups (broad SMARTS) is 2. The number of aliphatic carboxylic acids is 2. The standard InChI is InChI=1S/C10H20O2.C6H8O2.C2H4O2/c1-10(2,3)8-6-4-5-7-9(11)12;1-3-5-6(7)8-4-2;1-2(3)4/h4-8H2,1-3H3,(H,11,12);3-5H,2H2,1H3;1H3,(H,3,4)/b;5-3+;. The summed E-state index contributed by atoms with van der Waals surface area (Å²) in [5.41, 5.74) is 0.392. The van der Waals surface area contributed by atoms with Crippen molar-refractivity contribution in [3.63, 3.8) is 0 Å². The van der Waals surface area contributed by atoms with Crippen LogP contribution in [0.2, 0.25) is 0 Å². The zero-order valence-corrected chi connectivity index (χ0v) is 15.5. The van der Waals surface area contributed by atoms with Crippen molar-refractivity contribution in [3.8, 4) is 0 Å². The molecule has 0 radical (unpaired) electrons. The van der Waals surface area contributed by atoms with Crippen molar-refractivity contribution in [2.75, 3.05) is 0 Å². The van der Waals surface area contributed by atoms with Gasteiger partial charge in [0.15, 0.2) is 0 Å². The molecule has 0 atom stereocenters. The lowest BCUT2D eigenvalue weighted by molar-refractivity contribution is -0.137.